The Morgan fingerprint density at radius 2 is 2.12 bits per heavy atom. The maximum absolute atomic E-state index is 15.2. The lowest BCUT2D eigenvalue weighted by atomic mass is 9.97. The highest BCUT2D eigenvalue weighted by Gasteiger charge is 2.23. The number of rotatable bonds is 5. The van der Waals surface area contributed by atoms with Crippen molar-refractivity contribution in [1.82, 2.24) is 24.6 Å². The minimum Gasteiger partial charge on any atom is -0.489 e. The molecule has 0 radical (unpaired) electrons. The normalized spacial score (nSPS) is 11.4. The fraction of sp³-hybridized carbons (Fsp3) is 0.278. The van der Waals surface area contributed by atoms with Gasteiger partial charge in [-0.25, -0.2) is 9.37 Å². The van der Waals surface area contributed by atoms with Crippen molar-refractivity contribution in [2.45, 2.75) is 20.3 Å². The summed E-state index contributed by atoms with van der Waals surface area (Å²) in [5, 5.41) is 10.7. The number of hydrogen-bond acceptors (Lipinski definition) is 5. The van der Waals surface area contributed by atoms with Gasteiger partial charge in [0.2, 0.25) is 0 Å². The van der Waals surface area contributed by atoms with Gasteiger partial charge in [0.25, 0.3) is 0 Å². The molecule has 0 unspecified atom stereocenters. The van der Waals surface area contributed by atoms with Crippen LogP contribution in [-0.2, 0) is 6.42 Å². The van der Waals surface area contributed by atoms with Gasteiger partial charge in [-0.1, -0.05) is 6.92 Å². The zero-order valence-corrected chi connectivity index (χ0v) is 14.8. The van der Waals surface area contributed by atoms with Crippen molar-refractivity contribution in [3.63, 3.8) is 0 Å². The molecular formula is C18H19FN6O. The van der Waals surface area contributed by atoms with Crippen molar-refractivity contribution < 1.29 is 9.13 Å². The monoisotopic (exact) mass is 354 g/mol. The third kappa shape index (κ3) is 2.37. The van der Waals surface area contributed by atoms with E-state index in [1.807, 2.05) is 37.7 Å². The van der Waals surface area contributed by atoms with Gasteiger partial charge in [-0.3, -0.25) is 10.1 Å². The van der Waals surface area contributed by atoms with E-state index in [-0.39, 0.29) is 11.6 Å². The first-order valence-corrected chi connectivity index (χ1v) is 8.51. The molecule has 0 saturated carbocycles. The van der Waals surface area contributed by atoms with E-state index < -0.39 is 0 Å². The molecule has 134 valence electrons. The predicted molar refractivity (Wildman–Crippen MR) is 98.1 cm³/mol. The number of aromatic nitrogens is 5. The van der Waals surface area contributed by atoms with Crippen LogP contribution in [0.5, 0.6) is 5.75 Å². The van der Waals surface area contributed by atoms with E-state index in [1.54, 1.807) is 12.4 Å². The van der Waals surface area contributed by atoms with Crippen LogP contribution in [-0.4, -0.2) is 38.2 Å². The summed E-state index contributed by atoms with van der Waals surface area (Å²) >= 11 is 0. The van der Waals surface area contributed by atoms with Crippen LogP contribution < -0.4 is 10.1 Å². The Labute approximate surface area is 149 Å². The van der Waals surface area contributed by atoms with Crippen LogP contribution in [0, 0.1) is 5.82 Å². The van der Waals surface area contributed by atoms with E-state index in [0.717, 1.165) is 16.8 Å². The predicted octanol–water partition coefficient (Wildman–Crippen LogP) is 3.41. The van der Waals surface area contributed by atoms with E-state index >= 15 is 4.39 Å². The third-order valence-corrected chi connectivity index (χ3v) is 4.40. The van der Waals surface area contributed by atoms with Gasteiger partial charge in [0, 0.05) is 29.8 Å². The molecule has 0 atom stereocenters. The van der Waals surface area contributed by atoms with Crippen LogP contribution in [0.1, 0.15) is 19.4 Å². The number of halogens is 1. The minimum absolute atomic E-state index is 0.210. The molecule has 0 spiro atoms. The lowest BCUT2D eigenvalue weighted by Gasteiger charge is -2.15. The molecule has 0 aliphatic rings. The molecule has 2 N–H and O–H groups in total. The highest BCUT2D eigenvalue weighted by atomic mass is 19.1. The Balaban J connectivity index is 2.01. The quantitative estimate of drug-likeness (QED) is 0.574. The lowest BCUT2D eigenvalue weighted by Crippen LogP contribution is -2.03. The standard InChI is InChI=1S/C18H19FN6O/c1-4-10-15(11-6-22-24-17(11)18(16(10)19)26-5-2)12-8-25-9-13(20-3)23-14(25)7-21-12/h6-9,20H,4-5H2,1-3H3,(H,22,24). The highest BCUT2D eigenvalue weighted by Crippen LogP contribution is 2.39. The summed E-state index contributed by atoms with van der Waals surface area (Å²) in [6, 6.07) is 0. The van der Waals surface area contributed by atoms with Crippen LogP contribution >= 0.6 is 0 Å². The van der Waals surface area contributed by atoms with Gasteiger partial charge in [0.1, 0.15) is 11.3 Å². The summed E-state index contributed by atoms with van der Waals surface area (Å²) in [5.41, 5.74) is 3.19. The van der Waals surface area contributed by atoms with Gasteiger partial charge in [-0.2, -0.15) is 5.10 Å². The number of aromatic amines is 1. The summed E-state index contributed by atoms with van der Waals surface area (Å²) < 4.78 is 22.6. The number of nitrogens with zero attached hydrogens (tertiary/aromatic N) is 4. The Kier molecular flexibility index (Phi) is 3.95. The Bertz CT molecular complexity index is 1100. The lowest BCUT2D eigenvalue weighted by molar-refractivity contribution is 0.324. The summed E-state index contributed by atoms with van der Waals surface area (Å²) in [6.45, 7) is 4.12. The molecule has 0 bridgehead atoms. The molecule has 0 amide bonds. The Morgan fingerprint density at radius 1 is 1.27 bits per heavy atom. The number of ether oxygens (including phenoxy) is 1. The first kappa shape index (κ1) is 16.3. The molecule has 0 saturated heterocycles. The summed E-state index contributed by atoms with van der Waals surface area (Å²) in [6.07, 6.45) is 7.59. The van der Waals surface area contributed by atoms with Crippen LogP contribution in [0.15, 0.2) is 24.8 Å². The minimum atomic E-state index is -0.371. The maximum Gasteiger partial charge on any atom is 0.180 e. The van der Waals surface area contributed by atoms with Crippen molar-refractivity contribution in [1.29, 1.82) is 0 Å². The van der Waals surface area contributed by atoms with Crippen molar-refractivity contribution in [2.75, 3.05) is 19.0 Å². The van der Waals surface area contributed by atoms with E-state index in [2.05, 4.69) is 25.5 Å². The fourth-order valence-corrected chi connectivity index (χ4v) is 3.22. The number of hydrogen-bond donors (Lipinski definition) is 2. The Hall–Kier alpha value is -3.16. The SMILES string of the molecule is CCOc1c(F)c(CC)c(-c2cn3cc(NC)nc3cn2)c2cn[nH]c12. The van der Waals surface area contributed by atoms with Crippen molar-refractivity contribution in [2.24, 2.45) is 0 Å². The molecule has 0 aliphatic carbocycles. The van der Waals surface area contributed by atoms with Crippen LogP contribution in [0.25, 0.3) is 27.8 Å². The molecule has 4 rings (SSSR count). The van der Waals surface area contributed by atoms with Crippen LogP contribution in [0.4, 0.5) is 10.2 Å². The van der Waals surface area contributed by atoms with E-state index in [9.17, 15) is 0 Å². The molecular weight excluding hydrogens is 335 g/mol. The number of benzene rings is 1. The molecule has 26 heavy (non-hydrogen) atoms. The van der Waals surface area contributed by atoms with E-state index in [1.165, 1.54) is 0 Å². The first-order valence-electron chi connectivity index (χ1n) is 8.51. The molecule has 0 fully saturated rings. The fourth-order valence-electron chi connectivity index (χ4n) is 3.22. The van der Waals surface area contributed by atoms with E-state index in [0.29, 0.717) is 35.4 Å². The molecule has 7 nitrogen and oxygen atoms in total. The molecule has 4 aromatic rings. The van der Waals surface area contributed by atoms with Crippen LogP contribution in [0.2, 0.25) is 0 Å². The summed E-state index contributed by atoms with van der Waals surface area (Å²) in [5.74, 6) is 0.581. The zero-order valence-electron chi connectivity index (χ0n) is 14.8. The zero-order chi connectivity index (χ0) is 18.3. The largest absolute Gasteiger partial charge is 0.489 e. The average molecular weight is 354 g/mol. The first-order chi connectivity index (χ1) is 12.7. The highest BCUT2D eigenvalue weighted by molar-refractivity contribution is 5.99. The van der Waals surface area contributed by atoms with E-state index in [4.69, 9.17) is 4.74 Å². The number of nitrogens with one attached hydrogen (secondary N) is 2. The van der Waals surface area contributed by atoms with Gasteiger partial charge >= 0.3 is 0 Å². The number of imidazole rings is 1. The Morgan fingerprint density at radius 3 is 2.85 bits per heavy atom. The van der Waals surface area contributed by atoms with Crippen molar-refractivity contribution >= 4 is 22.4 Å². The van der Waals surface area contributed by atoms with Gasteiger partial charge in [-0.15, -0.1) is 0 Å². The second-order valence-electron chi connectivity index (χ2n) is 5.86. The van der Waals surface area contributed by atoms with Gasteiger partial charge in [0.05, 0.1) is 30.9 Å². The van der Waals surface area contributed by atoms with Crippen molar-refractivity contribution in [3.05, 3.63) is 36.2 Å². The van der Waals surface area contributed by atoms with Crippen LogP contribution in [0.3, 0.4) is 0 Å². The van der Waals surface area contributed by atoms with Gasteiger partial charge in [-0.05, 0) is 13.3 Å². The van der Waals surface area contributed by atoms with Crippen molar-refractivity contribution in [3.8, 4) is 17.0 Å². The second-order valence-corrected chi connectivity index (χ2v) is 5.86. The smallest absolute Gasteiger partial charge is 0.180 e. The molecule has 3 aromatic heterocycles. The molecule has 1 aromatic carbocycles. The molecule has 8 heteroatoms. The summed E-state index contributed by atoms with van der Waals surface area (Å²) in [7, 11) is 1.81. The summed E-state index contributed by atoms with van der Waals surface area (Å²) in [4.78, 5) is 8.91. The average Bonchev–Trinajstić information content (AvgIpc) is 3.29. The molecule has 3 heterocycles. The molecule has 0 aliphatic heterocycles. The van der Waals surface area contributed by atoms with Gasteiger partial charge < -0.3 is 14.5 Å². The topological polar surface area (TPSA) is 80.1 Å². The van der Waals surface area contributed by atoms with Gasteiger partial charge in [0.15, 0.2) is 17.2 Å². The second kappa shape index (κ2) is 6.29. The number of fused-ring (bicyclic) bond motifs is 2. The maximum atomic E-state index is 15.2. The number of anilines is 1. The third-order valence-electron chi connectivity index (χ3n) is 4.40. The number of H-pyrrole nitrogens is 1.